The highest BCUT2D eigenvalue weighted by atomic mass is 31.2. The van der Waals surface area contributed by atoms with Crippen LogP contribution in [0.5, 0.6) is 0 Å². The first kappa shape index (κ1) is 16.3. The predicted molar refractivity (Wildman–Crippen MR) is 89.4 cm³/mol. The Balaban J connectivity index is 2.52. The molecule has 0 bridgehead atoms. The largest absolute Gasteiger partial charge is 0.446 e. The summed E-state index contributed by atoms with van der Waals surface area (Å²) in [6.45, 7) is 3.54. The molecule has 0 radical (unpaired) electrons. The zero-order valence-corrected chi connectivity index (χ0v) is 13.6. The van der Waals surface area contributed by atoms with Crippen molar-refractivity contribution in [2.24, 2.45) is 5.73 Å². The first-order chi connectivity index (χ1) is 10.5. The number of primary amides is 1. The third-order valence-corrected chi connectivity index (χ3v) is 7.53. The maximum atomic E-state index is 13.9. The summed E-state index contributed by atoms with van der Waals surface area (Å²) < 4.78 is 19.0. The van der Waals surface area contributed by atoms with E-state index in [9.17, 15) is 9.36 Å². The zero-order chi connectivity index (χ0) is 16.2. The van der Waals surface area contributed by atoms with Crippen molar-refractivity contribution in [1.29, 1.82) is 0 Å². The van der Waals surface area contributed by atoms with Crippen LogP contribution in [0.3, 0.4) is 0 Å². The minimum Gasteiger partial charge on any atom is -0.446 e. The molecule has 0 heterocycles. The Kier molecular flexibility index (Phi) is 5.04. The predicted octanol–water partition coefficient (Wildman–Crippen LogP) is 2.87. The van der Waals surface area contributed by atoms with Crippen LogP contribution in [0.15, 0.2) is 60.7 Å². The van der Waals surface area contributed by atoms with Gasteiger partial charge in [-0.2, -0.15) is 0 Å². The number of ether oxygens (including phenoxy) is 1. The van der Waals surface area contributed by atoms with Crippen molar-refractivity contribution in [2.45, 2.75) is 25.6 Å². The summed E-state index contributed by atoms with van der Waals surface area (Å²) in [6, 6.07) is 18.6. The Morgan fingerprint density at radius 2 is 1.36 bits per heavy atom. The van der Waals surface area contributed by atoms with E-state index in [1.807, 2.05) is 67.6 Å². The Morgan fingerprint density at radius 3 is 1.73 bits per heavy atom. The lowest BCUT2D eigenvalue weighted by molar-refractivity contribution is 0.115. The third-order valence-electron chi connectivity index (χ3n) is 3.83. The van der Waals surface area contributed by atoms with Gasteiger partial charge in [0.1, 0.15) is 13.2 Å². The fourth-order valence-electron chi connectivity index (χ4n) is 2.50. The summed E-state index contributed by atoms with van der Waals surface area (Å²) in [6.07, 6.45) is -1.41. The lowest BCUT2D eigenvalue weighted by Crippen LogP contribution is -2.35. The Labute approximate surface area is 130 Å². The van der Waals surface area contributed by atoms with E-state index in [4.69, 9.17) is 10.5 Å². The van der Waals surface area contributed by atoms with E-state index >= 15 is 0 Å². The van der Waals surface area contributed by atoms with Gasteiger partial charge in [0.05, 0.1) is 5.66 Å². The normalized spacial score (nSPS) is 14.1. The topological polar surface area (TPSA) is 69.4 Å². The molecule has 2 aromatic carbocycles. The number of amides is 1. The Bertz CT molecular complexity index is 629. The molecular weight excluding hydrogens is 297 g/mol. The molecule has 116 valence electrons. The monoisotopic (exact) mass is 317 g/mol. The number of rotatable bonds is 5. The van der Waals surface area contributed by atoms with Crippen molar-refractivity contribution in [1.82, 2.24) is 0 Å². The van der Waals surface area contributed by atoms with E-state index in [1.54, 1.807) is 6.92 Å². The van der Waals surface area contributed by atoms with Gasteiger partial charge in [-0.1, -0.05) is 67.6 Å². The fraction of sp³-hybridized carbons (Fsp3) is 0.235. The molecule has 4 nitrogen and oxygen atoms in total. The van der Waals surface area contributed by atoms with Gasteiger partial charge in [-0.15, -0.1) is 0 Å². The molecule has 0 aliphatic carbocycles. The van der Waals surface area contributed by atoms with E-state index in [0.29, 0.717) is 0 Å². The first-order valence-corrected chi connectivity index (χ1v) is 8.91. The van der Waals surface area contributed by atoms with Crippen molar-refractivity contribution in [3.8, 4) is 0 Å². The molecule has 2 rings (SSSR count). The molecule has 0 saturated heterocycles. The van der Waals surface area contributed by atoms with Crippen LogP contribution in [0, 0.1) is 0 Å². The van der Waals surface area contributed by atoms with Gasteiger partial charge in [-0.25, -0.2) is 4.79 Å². The number of carbonyl (C=O) groups is 1. The number of hydrogen-bond acceptors (Lipinski definition) is 3. The highest BCUT2D eigenvalue weighted by Crippen LogP contribution is 2.50. The maximum Gasteiger partial charge on any atom is 0.404 e. The van der Waals surface area contributed by atoms with Crippen LogP contribution in [0.2, 0.25) is 0 Å². The van der Waals surface area contributed by atoms with Gasteiger partial charge in [-0.05, 0) is 6.92 Å². The van der Waals surface area contributed by atoms with Gasteiger partial charge in [0, 0.05) is 10.6 Å². The summed E-state index contributed by atoms with van der Waals surface area (Å²) in [5.74, 6) is 0. The lowest BCUT2D eigenvalue weighted by Gasteiger charge is -2.29. The van der Waals surface area contributed by atoms with Gasteiger partial charge >= 0.3 is 6.09 Å². The van der Waals surface area contributed by atoms with Crippen LogP contribution in [-0.4, -0.2) is 17.9 Å². The SMILES string of the molecule is CC(OC(N)=O)C(C)P(=O)(c1ccccc1)c1ccccc1. The maximum absolute atomic E-state index is 13.9. The van der Waals surface area contributed by atoms with Crippen LogP contribution in [0.4, 0.5) is 4.79 Å². The summed E-state index contributed by atoms with van der Waals surface area (Å²) in [5.41, 5.74) is 4.72. The van der Waals surface area contributed by atoms with Crippen LogP contribution >= 0.6 is 7.14 Å². The smallest absolute Gasteiger partial charge is 0.404 e. The molecule has 0 saturated carbocycles. The van der Waals surface area contributed by atoms with Gasteiger partial charge < -0.3 is 15.0 Å². The van der Waals surface area contributed by atoms with Crippen molar-refractivity contribution in [3.05, 3.63) is 60.7 Å². The molecule has 2 aromatic rings. The molecule has 2 N–H and O–H groups in total. The Morgan fingerprint density at radius 1 is 0.955 bits per heavy atom. The molecular formula is C17H20NO3P. The molecule has 5 heteroatoms. The first-order valence-electron chi connectivity index (χ1n) is 7.13. The molecule has 2 unspecified atom stereocenters. The number of carbonyl (C=O) groups excluding carboxylic acids is 1. The highest BCUT2D eigenvalue weighted by Gasteiger charge is 2.38. The molecule has 0 aliphatic rings. The molecule has 1 amide bonds. The zero-order valence-electron chi connectivity index (χ0n) is 12.7. The minimum atomic E-state index is -2.96. The quantitative estimate of drug-likeness (QED) is 0.862. The summed E-state index contributed by atoms with van der Waals surface area (Å²) in [4.78, 5) is 11.0. The third kappa shape index (κ3) is 3.23. The lowest BCUT2D eigenvalue weighted by atomic mass is 10.3. The minimum absolute atomic E-state index is 0.384. The second-order valence-corrected chi connectivity index (χ2v) is 8.37. The molecule has 0 aromatic heterocycles. The molecule has 0 fully saturated rings. The van der Waals surface area contributed by atoms with Crippen molar-refractivity contribution in [2.75, 3.05) is 0 Å². The van der Waals surface area contributed by atoms with Gasteiger partial charge in [0.2, 0.25) is 0 Å². The van der Waals surface area contributed by atoms with Crippen molar-refractivity contribution < 1.29 is 14.1 Å². The summed E-state index contributed by atoms with van der Waals surface area (Å²) >= 11 is 0. The molecule has 0 aliphatic heterocycles. The number of hydrogen-bond donors (Lipinski definition) is 1. The fourth-order valence-corrected chi connectivity index (χ4v) is 5.62. The van der Waals surface area contributed by atoms with Crippen LogP contribution in [0.25, 0.3) is 0 Å². The van der Waals surface area contributed by atoms with E-state index in [-0.39, 0.29) is 5.66 Å². The second-order valence-electron chi connectivity index (χ2n) is 5.21. The average Bonchev–Trinajstić information content (AvgIpc) is 2.54. The summed E-state index contributed by atoms with van der Waals surface area (Å²) in [7, 11) is -2.96. The van der Waals surface area contributed by atoms with E-state index in [2.05, 4.69) is 0 Å². The van der Waals surface area contributed by atoms with E-state index in [1.165, 1.54) is 0 Å². The van der Waals surface area contributed by atoms with Crippen LogP contribution in [-0.2, 0) is 9.30 Å². The van der Waals surface area contributed by atoms with Gasteiger partial charge in [0.15, 0.2) is 0 Å². The summed E-state index contributed by atoms with van der Waals surface area (Å²) in [5, 5.41) is 1.49. The van der Waals surface area contributed by atoms with E-state index < -0.39 is 19.3 Å². The number of nitrogens with two attached hydrogens (primary N) is 1. The Hall–Kier alpha value is -2.06. The van der Waals surface area contributed by atoms with Gasteiger partial charge in [-0.3, -0.25) is 0 Å². The van der Waals surface area contributed by atoms with Crippen LogP contribution in [0.1, 0.15) is 13.8 Å². The van der Waals surface area contributed by atoms with E-state index in [0.717, 1.165) is 10.6 Å². The number of benzene rings is 2. The molecule has 0 spiro atoms. The van der Waals surface area contributed by atoms with Crippen molar-refractivity contribution in [3.63, 3.8) is 0 Å². The standard InChI is InChI=1S/C17H20NO3P/c1-13(21-17(18)19)14(2)22(20,15-9-5-3-6-10-15)16-11-7-4-8-12-16/h3-14H,1-2H3,(H2,18,19). The van der Waals surface area contributed by atoms with Crippen molar-refractivity contribution >= 4 is 23.8 Å². The molecule has 22 heavy (non-hydrogen) atoms. The highest BCUT2D eigenvalue weighted by molar-refractivity contribution is 7.79. The molecule has 2 atom stereocenters. The van der Waals surface area contributed by atoms with Gasteiger partial charge in [0.25, 0.3) is 0 Å². The second kappa shape index (κ2) is 6.80. The van der Waals surface area contributed by atoms with Crippen LogP contribution < -0.4 is 16.3 Å². The average molecular weight is 317 g/mol.